The Bertz CT molecular complexity index is 787. The van der Waals surface area contributed by atoms with Crippen molar-refractivity contribution in [2.24, 2.45) is 0 Å². The van der Waals surface area contributed by atoms with Crippen molar-refractivity contribution >= 4 is 5.95 Å². The molecule has 0 aliphatic heterocycles. The van der Waals surface area contributed by atoms with Crippen molar-refractivity contribution in [3.05, 3.63) is 54.1 Å². The lowest BCUT2D eigenvalue weighted by atomic mass is 10.2. The van der Waals surface area contributed by atoms with Crippen LogP contribution in [0.25, 0.3) is 11.5 Å². The van der Waals surface area contributed by atoms with E-state index in [1.165, 1.54) is 0 Å². The van der Waals surface area contributed by atoms with E-state index in [1.807, 2.05) is 55.5 Å². The summed E-state index contributed by atoms with van der Waals surface area (Å²) in [5, 5.41) is 7.09. The second kappa shape index (κ2) is 7.50. The highest BCUT2D eigenvalue weighted by Crippen LogP contribution is 2.28. The van der Waals surface area contributed by atoms with Crippen molar-refractivity contribution in [1.29, 1.82) is 0 Å². The summed E-state index contributed by atoms with van der Waals surface area (Å²) in [5.41, 5.74) is 1.92. The van der Waals surface area contributed by atoms with Gasteiger partial charge in [-0.1, -0.05) is 24.3 Å². The van der Waals surface area contributed by atoms with E-state index in [9.17, 15) is 0 Å². The molecule has 0 bridgehead atoms. The molecule has 3 aromatic rings. The lowest BCUT2D eigenvalue weighted by Crippen LogP contribution is -2.02. The predicted molar refractivity (Wildman–Crippen MR) is 91.2 cm³/mol. The first-order valence-electron chi connectivity index (χ1n) is 7.73. The summed E-state index contributed by atoms with van der Waals surface area (Å²) in [6.07, 6.45) is 0. The molecule has 0 unspecified atom stereocenters. The van der Waals surface area contributed by atoms with Gasteiger partial charge in [0.15, 0.2) is 11.5 Å². The molecule has 3 rings (SSSR count). The molecule has 124 valence electrons. The molecule has 0 saturated carbocycles. The third-order valence-electron chi connectivity index (χ3n) is 3.43. The Labute approximate surface area is 140 Å². The number of rotatable bonds is 7. The van der Waals surface area contributed by atoms with E-state index in [-0.39, 0.29) is 0 Å². The molecule has 0 aliphatic carbocycles. The number of nitrogens with one attached hydrogen (secondary N) is 1. The maximum Gasteiger partial charge on any atom is 0.264 e. The summed E-state index contributed by atoms with van der Waals surface area (Å²) in [6.45, 7) is 3.07. The second-order valence-electron chi connectivity index (χ2n) is 5.06. The number of ether oxygens (including phenoxy) is 2. The van der Waals surface area contributed by atoms with Crippen LogP contribution in [-0.4, -0.2) is 23.9 Å². The molecule has 1 aromatic heterocycles. The molecule has 2 aromatic carbocycles. The van der Waals surface area contributed by atoms with E-state index in [0.29, 0.717) is 30.7 Å². The number of aromatic nitrogens is 2. The van der Waals surface area contributed by atoms with E-state index in [0.717, 1.165) is 16.9 Å². The Kier molecular flexibility index (Phi) is 4.96. The minimum absolute atomic E-state index is 0.447. The molecule has 0 fully saturated rings. The molecule has 0 aliphatic rings. The van der Waals surface area contributed by atoms with Crippen LogP contribution in [0.4, 0.5) is 5.95 Å². The van der Waals surface area contributed by atoms with Crippen LogP contribution >= 0.6 is 0 Å². The molecule has 6 heteroatoms. The predicted octanol–water partition coefficient (Wildman–Crippen LogP) is 3.76. The second-order valence-corrected chi connectivity index (χ2v) is 5.06. The standard InChI is InChI=1S/C18H19N3O3/c1-3-23-16-11-13(9-10-15(16)22-2)12-19-18-20-17(24-21-18)14-7-5-4-6-8-14/h4-11H,3,12H2,1-2H3,(H,19,21). The van der Waals surface area contributed by atoms with E-state index in [2.05, 4.69) is 15.5 Å². The smallest absolute Gasteiger partial charge is 0.264 e. The lowest BCUT2D eigenvalue weighted by Gasteiger charge is -2.11. The minimum Gasteiger partial charge on any atom is -0.493 e. The molecule has 24 heavy (non-hydrogen) atoms. The fourth-order valence-electron chi connectivity index (χ4n) is 2.27. The van der Waals surface area contributed by atoms with Crippen LogP contribution in [0.15, 0.2) is 53.1 Å². The Balaban J connectivity index is 1.68. The summed E-state index contributed by atoms with van der Waals surface area (Å²) in [5.74, 6) is 2.37. The van der Waals surface area contributed by atoms with Gasteiger partial charge in [0.1, 0.15) is 0 Å². The molecule has 0 saturated heterocycles. The summed E-state index contributed by atoms with van der Waals surface area (Å²) in [4.78, 5) is 4.34. The van der Waals surface area contributed by atoms with Crippen molar-refractivity contribution in [3.63, 3.8) is 0 Å². The minimum atomic E-state index is 0.447. The van der Waals surface area contributed by atoms with Gasteiger partial charge in [-0.2, -0.15) is 4.98 Å². The quantitative estimate of drug-likeness (QED) is 0.713. The van der Waals surface area contributed by atoms with Crippen molar-refractivity contribution < 1.29 is 14.0 Å². The Morgan fingerprint density at radius 1 is 1.08 bits per heavy atom. The molecular formula is C18H19N3O3. The first-order chi connectivity index (χ1) is 11.8. The molecule has 0 amide bonds. The summed E-state index contributed by atoms with van der Waals surface area (Å²) in [7, 11) is 1.63. The van der Waals surface area contributed by atoms with Crippen LogP contribution in [0, 0.1) is 0 Å². The summed E-state index contributed by atoms with van der Waals surface area (Å²) < 4.78 is 16.1. The van der Waals surface area contributed by atoms with Gasteiger partial charge >= 0.3 is 0 Å². The zero-order chi connectivity index (χ0) is 16.8. The van der Waals surface area contributed by atoms with E-state index in [1.54, 1.807) is 7.11 Å². The first kappa shape index (κ1) is 15.9. The van der Waals surface area contributed by atoms with Gasteiger partial charge in [-0.25, -0.2) is 0 Å². The molecule has 6 nitrogen and oxygen atoms in total. The van der Waals surface area contributed by atoms with Crippen LogP contribution in [0.1, 0.15) is 12.5 Å². The maximum absolute atomic E-state index is 5.58. The van der Waals surface area contributed by atoms with Crippen LogP contribution < -0.4 is 14.8 Å². The van der Waals surface area contributed by atoms with Gasteiger partial charge in [0.25, 0.3) is 11.8 Å². The Morgan fingerprint density at radius 2 is 1.92 bits per heavy atom. The zero-order valence-corrected chi connectivity index (χ0v) is 13.7. The fraction of sp³-hybridized carbons (Fsp3) is 0.222. The number of hydrogen-bond donors (Lipinski definition) is 1. The number of anilines is 1. The van der Waals surface area contributed by atoms with Crippen LogP contribution in [-0.2, 0) is 6.54 Å². The molecule has 0 radical (unpaired) electrons. The SMILES string of the molecule is CCOc1cc(CNc2noc(-c3ccccc3)n2)ccc1OC. The fourth-order valence-corrected chi connectivity index (χ4v) is 2.27. The average Bonchev–Trinajstić information content (AvgIpc) is 3.10. The van der Waals surface area contributed by atoms with Crippen molar-refractivity contribution in [2.45, 2.75) is 13.5 Å². The van der Waals surface area contributed by atoms with Crippen LogP contribution in [0.2, 0.25) is 0 Å². The zero-order valence-electron chi connectivity index (χ0n) is 13.7. The monoisotopic (exact) mass is 325 g/mol. The molecule has 1 N–H and O–H groups in total. The van der Waals surface area contributed by atoms with Gasteiger partial charge in [0, 0.05) is 12.1 Å². The average molecular weight is 325 g/mol. The number of hydrogen-bond acceptors (Lipinski definition) is 6. The third-order valence-corrected chi connectivity index (χ3v) is 3.43. The Hall–Kier alpha value is -3.02. The number of nitrogens with zero attached hydrogens (tertiary/aromatic N) is 2. The summed E-state index contributed by atoms with van der Waals surface area (Å²) in [6, 6.07) is 15.4. The third kappa shape index (κ3) is 3.65. The van der Waals surface area contributed by atoms with Crippen molar-refractivity contribution in [1.82, 2.24) is 10.1 Å². The number of methoxy groups -OCH3 is 1. The lowest BCUT2D eigenvalue weighted by molar-refractivity contribution is 0.310. The largest absolute Gasteiger partial charge is 0.493 e. The normalized spacial score (nSPS) is 10.4. The Morgan fingerprint density at radius 3 is 2.67 bits per heavy atom. The molecule has 0 spiro atoms. The first-order valence-corrected chi connectivity index (χ1v) is 7.73. The van der Waals surface area contributed by atoms with Gasteiger partial charge < -0.3 is 19.3 Å². The topological polar surface area (TPSA) is 69.4 Å². The van der Waals surface area contributed by atoms with Gasteiger partial charge in [-0.15, -0.1) is 0 Å². The van der Waals surface area contributed by atoms with Crippen molar-refractivity contribution in [3.8, 4) is 23.0 Å². The van der Waals surface area contributed by atoms with E-state index in [4.69, 9.17) is 14.0 Å². The highest BCUT2D eigenvalue weighted by Gasteiger charge is 2.09. The van der Waals surface area contributed by atoms with Crippen LogP contribution in [0.5, 0.6) is 11.5 Å². The van der Waals surface area contributed by atoms with E-state index >= 15 is 0 Å². The van der Waals surface area contributed by atoms with Gasteiger partial charge in [0.2, 0.25) is 0 Å². The molecule has 1 heterocycles. The highest BCUT2D eigenvalue weighted by atomic mass is 16.5. The maximum atomic E-state index is 5.58. The number of benzene rings is 2. The van der Waals surface area contributed by atoms with Gasteiger partial charge in [0.05, 0.1) is 13.7 Å². The molecule has 0 atom stereocenters. The van der Waals surface area contributed by atoms with E-state index < -0.39 is 0 Å². The van der Waals surface area contributed by atoms with Crippen LogP contribution in [0.3, 0.4) is 0 Å². The molecular weight excluding hydrogens is 306 g/mol. The highest BCUT2D eigenvalue weighted by molar-refractivity contribution is 5.53. The van der Waals surface area contributed by atoms with Gasteiger partial charge in [-0.05, 0) is 41.9 Å². The summed E-state index contributed by atoms with van der Waals surface area (Å²) >= 11 is 0. The van der Waals surface area contributed by atoms with Gasteiger partial charge in [-0.3, -0.25) is 0 Å². The van der Waals surface area contributed by atoms with Crippen molar-refractivity contribution in [2.75, 3.05) is 19.0 Å².